The van der Waals surface area contributed by atoms with Gasteiger partial charge in [0.2, 0.25) is 0 Å². The van der Waals surface area contributed by atoms with Crippen LogP contribution >= 0.6 is 0 Å². The molecule has 0 saturated carbocycles. The average Bonchev–Trinajstić information content (AvgIpc) is 3.20. The molecule has 1 aromatic carbocycles. The predicted molar refractivity (Wildman–Crippen MR) is 110 cm³/mol. The number of anilines is 1. The Morgan fingerprint density at radius 1 is 1.21 bits per heavy atom. The molecule has 2 heterocycles. The van der Waals surface area contributed by atoms with Crippen molar-refractivity contribution in [3.05, 3.63) is 48.3 Å². The monoisotopic (exact) mass is 385 g/mol. The number of nitrogens with zero attached hydrogens (tertiary/aromatic N) is 3. The van der Waals surface area contributed by atoms with Gasteiger partial charge in [-0.05, 0) is 30.0 Å². The molecule has 3 rings (SSSR count). The summed E-state index contributed by atoms with van der Waals surface area (Å²) >= 11 is 0. The molecule has 1 aliphatic heterocycles. The average molecular weight is 386 g/mol. The third-order valence-corrected chi connectivity index (χ3v) is 4.96. The Morgan fingerprint density at radius 2 is 2.00 bits per heavy atom. The van der Waals surface area contributed by atoms with Crippen molar-refractivity contribution < 1.29 is 9.53 Å². The molecule has 0 aliphatic carbocycles. The van der Waals surface area contributed by atoms with Gasteiger partial charge in [0.15, 0.2) is 0 Å². The van der Waals surface area contributed by atoms with Gasteiger partial charge in [0.1, 0.15) is 0 Å². The number of carbonyl (C=O) groups is 1. The Hall–Kier alpha value is -2.38. The molecule has 1 unspecified atom stereocenters. The van der Waals surface area contributed by atoms with Crippen molar-refractivity contribution in [1.29, 1.82) is 0 Å². The van der Waals surface area contributed by atoms with Gasteiger partial charge in [0.25, 0.3) is 0 Å². The minimum Gasteiger partial charge on any atom is -0.379 e. The van der Waals surface area contributed by atoms with Crippen LogP contribution in [-0.4, -0.2) is 59.6 Å². The van der Waals surface area contributed by atoms with Crippen LogP contribution in [-0.2, 0) is 11.3 Å². The molecule has 0 spiro atoms. The van der Waals surface area contributed by atoms with Crippen molar-refractivity contribution in [3.8, 4) is 0 Å². The van der Waals surface area contributed by atoms with Crippen LogP contribution in [0.5, 0.6) is 0 Å². The van der Waals surface area contributed by atoms with E-state index in [4.69, 9.17) is 4.74 Å². The number of hydrogen-bond donors (Lipinski definition) is 2. The SMILES string of the molecule is CC(C)CC(CNC(=O)Nc1ccccc1Cn1cccn1)N1CCOCC1. The van der Waals surface area contributed by atoms with E-state index in [1.807, 2.05) is 41.2 Å². The smallest absolute Gasteiger partial charge is 0.319 e. The molecule has 2 aromatic rings. The number of nitrogens with one attached hydrogen (secondary N) is 2. The fourth-order valence-corrected chi connectivity index (χ4v) is 3.57. The zero-order chi connectivity index (χ0) is 19.8. The third-order valence-electron chi connectivity index (χ3n) is 4.96. The number of hydrogen-bond acceptors (Lipinski definition) is 4. The highest BCUT2D eigenvalue weighted by molar-refractivity contribution is 5.90. The molecule has 1 fully saturated rings. The Morgan fingerprint density at radius 3 is 2.71 bits per heavy atom. The van der Waals surface area contributed by atoms with Crippen LogP contribution in [0.15, 0.2) is 42.7 Å². The van der Waals surface area contributed by atoms with Crippen LogP contribution in [0.3, 0.4) is 0 Å². The third kappa shape index (κ3) is 6.07. The predicted octanol–water partition coefficient (Wildman–Crippen LogP) is 2.80. The van der Waals surface area contributed by atoms with Crippen molar-refractivity contribution in [1.82, 2.24) is 20.0 Å². The number of aromatic nitrogens is 2. The Labute approximate surface area is 167 Å². The lowest BCUT2D eigenvalue weighted by Gasteiger charge is -2.35. The number of amides is 2. The van der Waals surface area contributed by atoms with E-state index in [0.717, 1.165) is 44.0 Å². The zero-order valence-electron chi connectivity index (χ0n) is 16.8. The minimum atomic E-state index is -0.171. The van der Waals surface area contributed by atoms with Crippen molar-refractivity contribution >= 4 is 11.7 Å². The second kappa shape index (κ2) is 10.2. The highest BCUT2D eigenvalue weighted by atomic mass is 16.5. The fraction of sp³-hybridized carbons (Fsp3) is 0.524. The number of ether oxygens (including phenoxy) is 1. The second-order valence-corrected chi connectivity index (χ2v) is 7.63. The molecular weight excluding hydrogens is 354 g/mol. The lowest BCUT2D eigenvalue weighted by atomic mass is 10.0. The standard InChI is InChI=1S/C21H31N5O2/c1-17(2)14-19(25-10-12-28-13-11-25)15-22-21(27)24-20-7-4-3-6-18(20)16-26-9-5-8-23-26/h3-9,17,19H,10-16H2,1-2H3,(H2,22,24,27). The molecule has 2 amide bonds. The maximum absolute atomic E-state index is 12.6. The van der Waals surface area contributed by atoms with E-state index in [2.05, 4.69) is 34.5 Å². The van der Waals surface area contributed by atoms with Crippen molar-refractivity contribution in [2.45, 2.75) is 32.9 Å². The Balaban J connectivity index is 1.57. The summed E-state index contributed by atoms with van der Waals surface area (Å²) < 4.78 is 7.31. The second-order valence-electron chi connectivity index (χ2n) is 7.63. The van der Waals surface area contributed by atoms with Crippen molar-refractivity contribution in [2.24, 2.45) is 5.92 Å². The van der Waals surface area contributed by atoms with Crippen LogP contribution in [0, 0.1) is 5.92 Å². The van der Waals surface area contributed by atoms with Crippen LogP contribution in [0.2, 0.25) is 0 Å². The molecule has 7 heteroatoms. The molecule has 28 heavy (non-hydrogen) atoms. The molecule has 0 radical (unpaired) electrons. The summed E-state index contributed by atoms with van der Waals surface area (Å²) in [6.07, 6.45) is 4.72. The van der Waals surface area contributed by atoms with Crippen molar-refractivity contribution in [3.63, 3.8) is 0 Å². The first-order valence-corrected chi connectivity index (χ1v) is 10.0. The van der Waals surface area contributed by atoms with E-state index in [1.165, 1.54) is 0 Å². The van der Waals surface area contributed by atoms with Crippen LogP contribution < -0.4 is 10.6 Å². The first kappa shape index (κ1) is 20.4. The van der Waals surface area contributed by atoms with Gasteiger partial charge in [-0.25, -0.2) is 4.79 Å². The summed E-state index contributed by atoms with van der Waals surface area (Å²) in [5, 5.41) is 10.3. The van der Waals surface area contributed by atoms with Gasteiger partial charge in [0, 0.05) is 43.8 Å². The number of morpholine rings is 1. The number of benzene rings is 1. The molecule has 2 N–H and O–H groups in total. The van der Waals surface area contributed by atoms with E-state index in [9.17, 15) is 4.79 Å². The summed E-state index contributed by atoms with van der Waals surface area (Å²) in [7, 11) is 0. The normalized spacial score (nSPS) is 16.1. The maximum atomic E-state index is 12.6. The zero-order valence-corrected chi connectivity index (χ0v) is 16.8. The number of para-hydroxylation sites is 1. The van der Waals surface area contributed by atoms with E-state index in [1.54, 1.807) is 6.20 Å². The molecular formula is C21H31N5O2. The summed E-state index contributed by atoms with van der Waals surface area (Å²) in [5.74, 6) is 0.576. The van der Waals surface area contributed by atoms with Gasteiger partial charge in [-0.3, -0.25) is 9.58 Å². The number of urea groups is 1. The number of rotatable bonds is 8. The highest BCUT2D eigenvalue weighted by Crippen LogP contribution is 2.17. The van der Waals surface area contributed by atoms with Gasteiger partial charge < -0.3 is 15.4 Å². The van der Waals surface area contributed by atoms with Gasteiger partial charge >= 0.3 is 6.03 Å². The molecule has 1 aliphatic rings. The Bertz CT molecular complexity index is 726. The minimum absolute atomic E-state index is 0.171. The fourth-order valence-electron chi connectivity index (χ4n) is 3.57. The van der Waals surface area contributed by atoms with E-state index in [0.29, 0.717) is 25.0 Å². The maximum Gasteiger partial charge on any atom is 0.319 e. The topological polar surface area (TPSA) is 71.4 Å². The first-order chi connectivity index (χ1) is 13.6. The lowest BCUT2D eigenvalue weighted by Crippen LogP contribution is -2.49. The van der Waals surface area contributed by atoms with Crippen LogP contribution in [0.25, 0.3) is 0 Å². The van der Waals surface area contributed by atoms with E-state index < -0.39 is 0 Å². The number of carbonyl (C=O) groups excluding carboxylic acids is 1. The molecule has 0 bridgehead atoms. The lowest BCUT2D eigenvalue weighted by molar-refractivity contribution is 0.0130. The van der Waals surface area contributed by atoms with Gasteiger partial charge in [-0.1, -0.05) is 32.0 Å². The molecule has 1 aromatic heterocycles. The van der Waals surface area contributed by atoms with E-state index >= 15 is 0 Å². The summed E-state index contributed by atoms with van der Waals surface area (Å²) in [6, 6.07) is 9.88. The highest BCUT2D eigenvalue weighted by Gasteiger charge is 2.22. The van der Waals surface area contributed by atoms with Crippen molar-refractivity contribution in [2.75, 3.05) is 38.2 Å². The molecule has 1 saturated heterocycles. The van der Waals surface area contributed by atoms with Crippen LogP contribution in [0.1, 0.15) is 25.8 Å². The van der Waals surface area contributed by atoms with Gasteiger partial charge in [0.05, 0.1) is 19.8 Å². The quantitative estimate of drug-likeness (QED) is 0.733. The molecule has 7 nitrogen and oxygen atoms in total. The first-order valence-electron chi connectivity index (χ1n) is 10.0. The Kier molecular flexibility index (Phi) is 7.45. The van der Waals surface area contributed by atoms with E-state index in [-0.39, 0.29) is 6.03 Å². The summed E-state index contributed by atoms with van der Waals surface area (Å²) in [6.45, 7) is 9.07. The molecule has 1 atom stereocenters. The van der Waals surface area contributed by atoms with Gasteiger partial charge in [-0.15, -0.1) is 0 Å². The largest absolute Gasteiger partial charge is 0.379 e. The molecule has 152 valence electrons. The van der Waals surface area contributed by atoms with Crippen LogP contribution in [0.4, 0.5) is 10.5 Å². The summed E-state index contributed by atoms with van der Waals surface area (Å²) in [4.78, 5) is 15.0. The summed E-state index contributed by atoms with van der Waals surface area (Å²) in [5.41, 5.74) is 1.83. The van der Waals surface area contributed by atoms with Gasteiger partial charge in [-0.2, -0.15) is 5.10 Å².